The highest BCUT2D eigenvalue weighted by atomic mass is 32.2. The fraction of sp³-hybridized carbons (Fsp3) is 0.708. The average molecular weight is 844 g/mol. The minimum Gasteiger partial charge on any atom is -0.483 e. The van der Waals surface area contributed by atoms with Crippen LogP contribution >= 0.6 is 0 Å². The number of unbranched alkanes of at least 4 members (excludes halogenated alkanes) is 3. The molecule has 5 atom stereocenters. The molecule has 12 heteroatoms. The zero-order chi connectivity index (χ0) is 42.1. The summed E-state index contributed by atoms with van der Waals surface area (Å²) in [5.74, 6) is 1.20. The van der Waals surface area contributed by atoms with Crippen molar-refractivity contribution < 1.29 is 27.5 Å². The van der Waals surface area contributed by atoms with Crippen molar-refractivity contribution in [3.05, 3.63) is 47.7 Å². The number of benzene rings is 1. The number of likely N-dealkylation sites (tertiary alicyclic amines) is 1. The molecule has 1 unspecified atom stereocenters. The summed E-state index contributed by atoms with van der Waals surface area (Å²) in [6.45, 7) is 5.82. The maximum absolute atomic E-state index is 15.2. The SMILES string of the molecule is Cc1nc2ccccc2c2c1O[C@]1(CC2)C[C@@H](C(N)=O)N(C(=O)[C@H](CCCCC/C=C\[C@@H]2CC2C(=O)NS(=O)(=O)C2(C)CC2)N(CCC2CCCC2)CCC2CCCC2)C1. The van der Waals surface area contributed by atoms with Crippen molar-refractivity contribution in [2.24, 2.45) is 29.4 Å². The van der Waals surface area contributed by atoms with Gasteiger partial charge in [-0.05, 0) is 115 Å². The minimum absolute atomic E-state index is 0.0203. The molecule has 1 spiro atoms. The Balaban J connectivity index is 0.938. The van der Waals surface area contributed by atoms with Crippen molar-refractivity contribution in [2.45, 2.75) is 171 Å². The fourth-order valence-electron chi connectivity index (χ4n) is 11.0. The summed E-state index contributed by atoms with van der Waals surface area (Å²) in [5.41, 5.74) is 8.41. The molecule has 5 fully saturated rings. The van der Waals surface area contributed by atoms with Crippen molar-refractivity contribution >= 4 is 38.6 Å². The Morgan fingerprint density at radius 3 is 2.35 bits per heavy atom. The van der Waals surface area contributed by atoms with E-state index in [1.54, 1.807) is 11.8 Å². The van der Waals surface area contributed by atoms with Gasteiger partial charge in [-0.2, -0.15) is 0 Å². The highest BCUT2D eigenvalue weighted by Gasteiger charge is 2.54. The molecule has 2 aromatic rings. The molecule has 8 rings (SSSR count). The number of carbonyl (C=O) groups is 3. The molecule has 3 heterocycles. The molecule has 1 aromatic carbocycles. The Kier molecular flexibility index (Phi) is 13.0. The van der Waals surface area contributed by atoms with Crippen LogP contribution in [0.3, 0.4) is 0 Å². The van der Waals surface area contributed by atoms with Crippen molar-refractivity contribution in [2.75, 3.05) is 19.6 Å². The number of hydrogen-bond donors (Lipinski definition) is 2. The molecule has 11 nitrogen and oxygen atoms in total. The Labute approximate surface area is 358 Å². The maximum Gasteiger partial charge on any atom is 0.240 e. The molecule has 6 aliphatic rings. The Bertz CT molecular complexity index is 2020. The third-order valence-electron chi connectivity index (χ3n) is 15.4. The van der Waals surface area contributed by atoms with Crippen LogP contribution in [-0.2, 0) is 30.8 Å². The molecule has 3 amide bonds. The number of carbonyl (C=O) groups excluding carboxylic acids is 3. The van der Waals surface area contributed by atoms with E-state index in [1.165, 1.54) is 51.4 Å². The standard InChI is InChI=1S/C48H69N5O6S/c1-33-43-38(37-19-12-13-20-40(37)50-33)22-25-48(59-43)31-42(44(49)54)53(32-48)46(56)41(52(28-23-34-14-8-9-15-34)29-24-35-16-10-11-17-35)21-7-5-3-4-6-18-36-30-39(36)45(55)51-60(57,58)47(2)26-27-47/h6,12-13,18-20,34-36,39,41-42H,3-5,7-11,14-17,21-32H2,1-2H3,(H2,49,54)(H,51,55)/b18-6-/t36-,39?,41+,42+,48-/m1/s1. The molecule has 4 aliphatic carbocycles. The molecule has 0 radical (unpaired) electrons. The van der Waals surface area contributed by atoms with Crippen molar-refractivity contribution in [3.63, 3.8) is 0 Å². The van der Waals surface area contributed by atoms with E-state index in [0.717, 1.165) is 92.4 Å². The summed E-state index contributed by atoms with van der Waals surface area (Å²) >= 11 is 0. The first-order valence-corrected chi connectivity index (χ1v) is 25.0. The number of sulfonamides is 1. The van der Waals surface area contributed by atoms with Gasteiger partial charge in [0.05, 0.1) is 28.5 Å². The predicted octanol–water partition coefficient (Wildman–Crippen LogP) is 7.67. The monoisotopic (exact) mass is 843 g/mol. The quantitative estimate of drug-likeness (QED) is 0.108. The number of pyridine rings is 1. The van der Waals surface area contributed by atoms with E-state index >= 15 is 4.79 Å². The van der Waals surface area contributed by atoms with Crippen molar-refractivity contribution in [1.82, 2.24) is 19.5 Å². The number of allylic oxidation sites excluding steroid dienone is 2. The van der Waals surface area contributed by atoms with Crippen LogP contribution in [0.5, 0.6) is 5.75 Å². The molecule has 3 N–H and O–H groups in total. The van der Waals surface area contributed by atoms with E-state index in [1.807, 2.05) is 25.1 Å². The molecule has 2 aliphatic heterocycles. The number of rotatable bonds is 19. The van der Waals surface area contributed by atoms with Crippen LogP contribution in [0.4, 0.5) is 0 Å². The largest absolute Gasteiger partial charge is 0.483 e. The number of nitrogens with two attached hydrogens (primary N) is 1. The van der Waals surface area contributed by atoms with E-state index < -0.39 is 32.3 Å². The van der Waals surface area contributed by atoms with E-state index in [4.69, 9.17) is 15.5 Å². The van der Waals surface area contributed by atoms with Gasteiger partial charge in [-0.15, -0.1) is 0 Å². The van der Waals surface area contributed by atoms with Gasteiger partial charge in [-0.3, -0.25) is 24.0 Å². The second kappa shape index (κ2) is 18.1. The first-order chi connectivity index (χ1) is 28.9. The number of amides is 3. The third-order valence-corrected chi connectivity index (χ3v) is 17.5. The lowest BCUT2D eigenvalue weighted by Gasteiger charge is -2.38. The molecular weight excluding hydrogens is 775 g/mol. The third kappa shape index (κ3) is 9.59. The van der Waals surface area contributed by atoms with Gasteiger partial charge in [0.2, 0.25) is 27.7 Å². The van der Waals surface area contributed by atoms with Gasteiger partial charge in [-0.1, -0.05) is 94.6 Å². The van der Waals surface area contributed by atoms with Crippen molar-refractivity contribution in [3.8, 4) is 5.75 Å². The summed E-state index contributed by atoms with van der Waals surface area (Å²) in [4.78, 5) is 50.3. The van der Waals surface area contributed by atoms with E-state index in [0.29, 0.717) is 50.5 Å². The van der Waals surface area contributed by atoms with Crippen LogP contribution in [0.1, 0.15) is 147 Å². The molecule has 1 aromatic heterocycles. The summed E-state index contributed by atoms with van der Waals surface area (Å²) < 4.78 is 33.5. The van der Waals surface area contributed by atoms with Gasteiger partial charge < -0.3 is 15.4 Å². The smallest absolute Gasteiger partial charge is 0.240 e. The number of ether oxygens (including phenoxy) is 1. The van der Waals surface area contributed by atoms with Crippen LogP contribution in [0.2, 0.25) is 0 Å². The van der Waals surface area contributed by atoms with Gasteiger partial charge >= 0.3 is 0 Å². The molecule has 60 heavy (non-hydrogen) atoms. The predicted molar refractivity (Wildman–Crippen MR) is 235 cm³/mol. The lowest BCUT2D eigenvalue weighted by molar-refractivity contribution is -0.142. The number of fused-ring (bicyclic) bond motifs is 3. The number of aromatic nitrogens is 1. The van der Waals surface area contributed by atoms with Gasteiger partial charge in [0.1, 0.15) is 17.4 Å². The van der Waals surface area contributed by atoms with Gasteiger partial charge in [-0.25, -0.2) is 13.4 Å². The zero-order valence-corrected chi connectivity index (χ0v) is 37.0. The van der Waals surface area contributed by atoms with Gasteiger partial charge in [0, 0.05) is 23.3 Å². The van der Waals surface area contributed by atoms with E-state index in [9.17, 15) is 18.0 Å². The summed E-state index contributed by atoms with van der Waals surface area (Å²) in [5, 5.41) is 1.09. The zero-order valence-electron chi connectivity index (χ0n) is 36.2. The number of hydrogen-bond acceptors (Lipinski definition) is 8. The summed E-state index contributed by atoms with van der Waals surface area (Å²) in [6, 6.07) is 7.12. The molecule has 4 saturated carbocycles. The Morgan fingerprint density at radius 2 is 1.68 bits per heavy atom. The Morgan fingerprint density at radius 1 is 1.00 bits per heavy atom. The Hall–Kier alpha value is -3.51. The highest BCUT2D eigenvalue weighted by Crippen LogP contribution is 2.46. The van der Waals surface area contributed by atoms with Crippen LogP contribution < -0.4 is 15.2 Å². The first-order valence-electron chi connectivity index (χ1n) is 23.5. The lowest BCUT2D eigenvalue weighted by atomic mass is 9.87. The van der Waals surface area contributed by atoms with E-state index in [-0.39, 0.29) is 29.7 Å². The van der Waals surface area contributed by atoms with Crippen LogP contribution in [0.25, 0.3) is 10.9 Å². The number of nitrogens with one attached hydrogen (secondary N) is 1. The normalized spacial score (nSPS) is 26.9. The number of primary amides is 1. The van der Waals surface area contributed by atoms with Crippen LogP contribution in [-0.4, -0.2) is 83.0 Å². The number of nitrogens with zero attached hydrogens (tertiary/aromatic N) is 3. The van der Waals surface area contributed by atoms with Gasteiger partial charge in [0.15, 0.2) is 0 Å². The number of para-hydroxylation sites is 1. The number of aryl methyl sites for hydroxylation is 2. The van der Waals surface area contributed by atoms with Crippen LogP contribution in [0.15, 0.2) is 36.4 Å². The van der Waals surface area contributed by atoms with Crippen LogP contribution in [0, 0.1) is 30.6 Å². The van der Waals surface area contributed by atoms with E-state index in [2.05, 4.69) is 27.8 Å². The molecule has 328 valence electrons. The molecule has 0 bridgehead atoms. The molecule has 1 saturated heterocycles. The molecular formula is C48H69N5O6S. The second-order valence-electron chi connectivity index (χ2n) is 19.8. The minimum atomic E-state index is -3.61. The second-order valence-corrected chi connectivity index (χ2v) is 22.0. The highest BCUT2D eigenvalue weighted by molar-refractivity contribution is 7.91. The van der Waals surface area contributed by atoms with Gasteiger partial charge in [0.25, 0.3) is 0 Å². The lowest BCUT2D eigenvalue weighted by Crippen LogP contribution is -2.54. The summed E-state index contributed by atoms with van der Waals surface area (Å²) in [7, 11) is -3.61. The van der Waals surface area contributed by atoms with Crippen molar-refractivity contribution in [1.29, 1.82) is 0 Å². The average Bonchev–Trinajstić information content (AvgIpc) is 3.92. The first kappa shape index (κ1) is 43.2. The maximum atomic E-state index is 15.2. The fourth-order valence-corrected chi connectivity index (χ4v) is 12.3. The topological polar surface area (TPSA) is 152 Å². The summed E-state index contributed by atoms with van der Waals surface area (Å²) in [6.07, 6.45) is 24.9.